The van der Waals surface area contributed by atoms with Gasteiger partial charge >= 0.3 is 6.09 Å². The molecule has 4 rings (SSSR count). The molecular weight excluding hydrogens is 340 g/mol. The van der Waals surface area contributed by atoms with Gasteiger partial charge in [0.25, 0.3) is 0 Å². The average Bonchev–Trinajstić information content (AvgIpc) is 2.94. The van der Waals surface area contributed by atoms with Crippen LogP contribution in [0.2, 0.25) is 0 Å². The van der Waals surface area contributed by atoms with Gasteiger partial charge in [0.2, 0.25) is 0 Å². The van der Waals surface area contributed by atoms with Crippen LogP contribution in [0.5, 0.6) is 11.5 Å². The summed E-state index contributed by atoms with van der Waals surface area (Å²) in [6.07, 6.45) is -0.415. The van der Waals surface area contributed by atoms with Gasteiger partial charge in [0.15, 0.2) is 11.5 Å². The Bertz CT molecular complexity index is 920. The predicted octanol–water partition coefficient (Wildman–Crippen LogP) is 3.63. The van der Waals surface area contributed by atoms with Crippen molar-refractivity contribution in [3.8, 4) is 22.1 Å². The van der Waals surface area contributed by atoms with Crippen LogP contribution in [-0.2, 0) is 11.3 Å². The molecule has 0 fully saturated rings. The third-order valence-electron chi connectivity index (χ3n) is 4.09. The molecule has 2 heterocycles. The number of amides is 1. The lowest BCUT2D eigenvalue weighted by atomic mass is 10.1. The fourth-order valence-electron chi connectivity index (χ4n) is 2.90. The molecular formula is C18H16N2O4S. The molecule has 1 aliphatic heterocycles. The lowest BCUT2D eigenvalue weighted by molar-refractivity contribution is 0.117. The molecule has 0 radical (unpaired) electrons. The summed E-state index contributed by atoms with van der Waals surface area (Å²) in [5.74, 6) is 0.467. The van der Waals surface area contributed by atoms with E-state index in [1.165, 1.54) is 7.11 Å². The van der Waals surface area contributed by atoms with Crippen molar-refractivity contribution in [2.45, 2.75) is 6.54 Å². The second kappa shape index (κ2) is 6.25. The number of para-hydroxylation sites is 1. The van der Waals surface area contributed by atoms with Crippen molar-refractivity contribution >= 4 is 27.6 Å². The number of aromatic nitrogens is 1. The minimum atomic E-state index is -0.415. The van der Waals surface area contributed by atoms with Crippen LogP contribution in [0.4, 0.5) is 4.79 Å². The Morgan fingerprint density at radius 1 is 1.36 bits per heavy atom. The first-order valence-corrected chi connectivity index (χ1v) is 8.65. The van der Waals surface area contributed by atoms with Crippen LogP contribution in [0, 0.1) is 0 Å². The first kappa shape index (κ1) is 15.7. The fraction of sp³-hybridized carbons (Fsp3) is 0.222. The lowest BCUT2D eigenvalue weighted by Crippen LogP contribution is -2.32. The Hall–Kier alpha value is -2.80. The molecule has 0 saturated carbocycles. The highest BCUT2D eigenvalue weighted by atomic mass is 32.1. The summed E-state index contributed by atoms with van der Waals surface area (Å²) in [5.41, 5.74) is 2.45. The third kappa shape index (κ3) is 2.87. The van der Waals surface area contributed by atoms with E-state index in [1.54, 1.807) is 22.3 Å². The third-order valence-corrected chi connectivity index (χ3v) is 5.17. The molecule has 2 aromatic carbocycles. The molecule has 0 aliphatic carbocycles. The van der Waals surface area contributed by atoms with E-state index in [2.05, 4.69) is 4.98 Å². The molecule has 0 saturated heterocycles. The van der Waals surface area contributed by atoms with Gasteiger partial charge in [-0.05, 0) is 24.3 Å². The standard InChI is InChI=1S/C18H16N2O4S/c1-23-18(22)20-6-7-24-16-12(10-20)8-11(9-14(16)21)17-19-13-4-2-3-5-15(13)25-17/h2-5,8-9,21H,6-7,10H2,1H3. The molecule has 3 aromatic rings. The van der Waals surface area contributed by atoms with Crippen molar-refractivity contribution in [3.05, 3.63) is 42.0 Å². The van der Waals surface area contributed by atoms with Crippen molar-refractivity contribution < 1.29 is 19.4 Å². The summed E-state index contributed by atoms with van der Waals surface area (Å²) in [6.45, 7) is 1.02. The number of methoxy groups -OCH3 is 1. The zero-order valence-electron chi connectivity index (χ0n) is 13.6. The zero-order valence-corrected chi connectivity index (χ0v) is 14.4. The van der Waals surface area contributed by atoms with Gasteiger partial charge in [0.05, 0.1) is 30.4 Å². The number of ether oxygens (including phenoxy) is 2. The van der Waals surface area contributed by atoms with Crippen LogP contribution in [0.15, 0.2) is 36.4 Å². The van der Waals surface area contributed by atoms with E-state index in [9.17, 15) is 9.90 Å². The van der Waals surface area contributed by atoms with Crippen LogP contribution in [0.1, 0.15) is 5.56 Å². The van der Waals surface area contributed by atoms with Gasteiger partial charge in [-0.3, -0.25) is 0 Å². The number of aromatic hydroxyl groups is 1. The molecule has 0 bridgehead atoms. The number of phenols is 1. The smallest absolute Gasteiger partial charge is 0.409 e. The normalized spacial score (nSPS) is 13.9. The molecule has 128 valence electrons. The Morgan fingerprint density at radius 2 is 2.20 bits per heavy atom. The molecule has 1 aromatic heterocycles. The molecule has 1 amide bonds. The first-order valence-electron chi connectivity index (χ1n) is 7.83. The number of carbonyl (C=O) groups excluding carboxylic acids is 1. The minimum absolute atomic E-state index is 0.0541. The number of benzene rings is 2. The molecule has 6 nitrogen and oxygen atoms in total. The van der Waals surface area contributed by atoms with Crippen LogP contribution in [-0.4, -0.2) is 41.3 Å². The number of nitrogens with zero attached hydrogens (tertiary/aromatic N) is 2. The summed E-state index contributed by atoms with van der Waals surface area (Å²) in [6, 6.07) is 11.5. The molecule has 25 heavy (non-hydrogen) atoms. The number of thiazole rings is 1. The molecule has 7 heteroatoms. The maximum Gasteiger partial charge on any atom is 0.409 e. The number of rotatable bonds is 1. The highest BCUT2D eigenvalue weighted by Crippen LogP contribution is 2.39. The second-order valence-corrected chi connectivity index (χ2v) is 6.74. The monoisotopic (exact) mass is 356 g/mol. The van der Waals surface area contributed by atoms with E-state index in [1.807, 2.05) is 30.3 Å². The minimum Gasteiger partial charge on any atom is -0.504 e. The van der Waals surface area contributed by atoms with E-state index < -0.39 is 6.09 Å². The molecule has 1 N–H and O–H groups in total. The van der Waals surface area contributed by atoms with Crippen molar-refractivity contribution in [2.24, 2.45) is 0 Å². The maximum absolute atomic E-state index is 11.9. The fourth-order valence-corrected chi connectivity index (χ4v) is 3.86. The Kier molecular flexibility index (Phi) is 3.93. The molecule has 0 spiro atoms. The summed E-state index contributed by atoms with van der Waals surface area (Å²) < 4.78 is 11.5. The predicted molar refractivity (Wildman–Crippen MR) is 95.0 cm³/mol. The SMILES string of the molecule is COC(=O)N1CCOc2c(O)cc(-c3nc4ccccc4s3)cc2C1. The van der Waals surface area contributed by atoms with Crippen LogP contribution in [0.25, 0.3) is 20.8 Å². The van der Waals surface area contributed by atoms with Gasteiger partial charge in [-0.15, -0.1) is 11.3 Å². The van der Waals surface area contributed by atoms with Crippen LogP contribution in [0.3, 0.4) is 0 Å². The van der Waals surface area contributed by atoms with Crippen molar-refractivity contribution in [1.29, 1.82) is 0 Å². The molecule has 0 unspecified atom stereocenters. The Morgan fingerprint density at radius 3 is 3.00 bits per heavy atom. The van der Waals surface area contributed by atoms with E-state index in [0.29, 0.717) is 25.4 Å². The largest absolute Gasteiger partial charge is 0.504 e. The van der Waals surface area contributed by atoms with Crippen molar-refractivity contribution in [3.63, 3.8) is 0 Å². The van der Waals surface area contributed by atoms with Gasteiger partial charge in [-0.2, -0.15) is 0 Å². The number of phenolic OH excluding ortho intramolecular Hbond substituents is 1. The summed E-state index contributed by atoms with van der Waals surface area (Å²) in [5, 5.41) is 11.2. The topological polar surface area (TPSA) is 71.9 Å². The highest BCUT2D eigenvalue weighted by Gasteiger charge is 2.23. The molecule has 1 aliphatic rings. The van der Waals surface area contributed by atoms with Crippen LogP contribution < -0.4 is 4.74 Å². The number of hydrogen-bond acceptors (Lipinski definition) is 6. The van der Waals surface area contributed by atoms with E-state index in [-0.39, 0.29) is 5.75 Å². The summed E-state index contributed by atoms with van der Waals surface area (Å²) in [4.78, 5) is 18.0. The van der Waals surface area contributed by atoms with Crippen LogP contribution >= 0.6 is 11.3 Å². The summed E-state index contributed by atoms with van der Waals surface area (Å²) in [7, 11) is 1.35. The van der Waals surface area contributed by atoms with Gasteiger partial charge < -0.3 is 19.5 Å². The lowest BCUT2D eigenvalue weighted by Gasteiger charge is -2.17. The quantitative estimate of drug-likeness (QED) is 0.721. The molecule has 0 atom stereocenters. The number of hydrogen-bond donors (Lipinski definition) is 1. The highest BCUT2D eigenvalue weighted by molar-refractivity contribution is 7.21. The maximum atomic E-state index is 11.9. The zero-order chi connectivity index (χ0) is 17.4. The van der Waals surface area contributed by atoms with Gasteiger partial charge in [0, 0.05) is 11.1 Å². The van der Waals surface area contributed by atoms with Gasteiger partial charge in [0.1, 0.15) is 11.6 Å². The first-order chi connectivity index (χ1) is 12.2. The second-order valence-electron chi connectivity index (χ2n) is 5.71. The Labute approximate surface area is 148 Å². The van der Waals surface area contributed by atoms with E-state index in [0.717, 1.165) is 26.4 Å². The Balaban J connectivity index is 1.77. The van der Waals surface area contributed by atoms with Crippen molar-refractivity contribution in [1.82, 2.24) is 9.88 Å². The summed E-state index contributed by atoms with van der Waals surface area (Å²) >= 11 is 1.56. The van der Waals surface area contributed by atoms with Gasteiger partial charge in [-0.25, -0.2) is 9.78 Å². The number of carbonyl (C=O) groups is 1. The van der Waals surface area contributed by atoms with E-state index >= 15 is 0 Å². The average molecular weight is 356 g/mol. The number of fused-ring (bicyclic) bond motifs is 2. The van der Waals surface area contributed by atoms with Crippen molar-refractivity contribution in [2.75, 3.05) is 20.3 Å². The van der Waals surface area contributed by atoms with E-state index in [4.69, 9.17) is 9.47 Å². The van der Waals surface area contributed by atoms with Gasteiger partial charge in [-0.1, -0.05) is 12.1 Å².